The van der Waals surface area contributed by atoms with Crippen LogP contribution in [0.1, 0.15) is 10.4 Å². The number of aromatic hydroxyl groups is 1. The number of benzene rings is 2. The van der Waals surface area contributed by atoms with Crippen molar-refractivity contribution in [2.24, 2.45) is 0 Å². The van der Waals surface area contributed by atoms with E-state index in [4.69, 9.17) is 5.11 Å². The Morgan fingerprint density at radius 1 is 1.09 bits per heavy atom. The lowest BCUT2D eigenvalue weighted by atomic mass is 10.0. The maximum Gasteiger partial charge on any atom is 0.322 e. The van der Waals surface area contributed by atoms with Gasteiger partial charge in [0.25, 0.3) is 5.91 Å². The minimum Gasteiger partial charge on any atom is -0.507 e. The summed E-state index contributed by atoms with van der Waals surface area (Å²) in [5, 5.41) is 20.3. The van der Waals surface area contributed by atoms with E-state index in [9.17, 15) is 23.5 Å². The number of carboxylic acid groups (broad SMARTS) is 1. The number of hydrogen-bond donors (Lipinski definition) is 3. The quantitative estimate of drug-likeness (QED) is 0.808. The second kappa shape index (κ2) is 6.21. The Bertz CT molecular complexity index is 746. The topological polar surface area (TPSA) is 86.6 Å². The number of aliphatic carboxylic acids is 1. The first-order valence-electron chi connectivity index (χ1n) is 6.17. The van der Waals surface area contributed by atoms with Crippen LogP contribution in [0, 0.1) is 11.6 Å². The fraction of sp³-hybridized carbons (Fsp3) is 0.0667. The van der Waals surface area contributed by atoms with Gasteiger partial charge < -0.3 is 15.5 Å². The van der Waals surface area contributed by atoms with E-state index in [1.54, 1.807) is 0 Å². The van der Waals surface area contributed by atoms with Crippen molar-refractivity contribution in [1.82, 2.24) is 5.32 Å². The van der Waals surface area contributed by atoms with Crippen molar-refractivity contribution < 1.29 is 28.6 Å². The molecule has 22 heavy (non-hydrogen) atoms. The Morgan fingerprint density at radius 2 is 1.82 bits per heavy atom. The summed E-state index contributed by atoms with van der Waals surface area (Å²) in [6.45, 7) is -0.618. The number of carbonyl (C=O) groups excluding carboxylic acids is 1. The summed E-state index contributed by atoms with van der Waals surface area (Å²) in [5.74, 6) is -3.99. The van der Waals surface area contributed by atoms with Crippen LogP contribution in [0.25, 0.3) is 11.1 Å². The SMILES string of the molecule is O=C(O)CNC(=O)c1cc(-c2ccc(F)cc2F)ccc1O. The van der Waals surface area contributed by atoms with Gasteiger partial charge in [-0.1, -0.05) is 6.07 Å². The minimum absolute atomic E-state index is 0.0497. The highest BCUT2D eigenvalue weighted by molar-refractivity contribution is 5.99. The number of nitrogens with one attached hydrogen (secondary N) is 1. The third-order valence-corrected chi connectivity index (χ3v) is 2.88. The molecule has 0 saturated heterocycles. The van der Waals surface area contributed by atoms with Gasteiger partial charge >= 0.3 is 5.97 Å². The van der Waals surface area contributed by atoms with Crippen LogP contribution in [0.2, 0.25) is 0 Å². The van der Waals surface area contributed by atoms with E-state index >= 15 is 0 Å². The average Bonchev–Trinajstić information content (AvgIpc) is 2.45. The molecule has 0 heterocycles. The molecule has 114 valence electrons. The first-order chi connectivity index (χ1) is 10.4. The van der Waals surface area contributed by atoms with Crippen molar-refractivity contribution in [3.8, 4) is 16.9 Å². The third kappa shape index (κ3) is 3.38. The lowest BCUT2D eigenvalue weighted by Crippen LogP contribution is -2.29. The molecule has 0 aromatic heterocycles. The number of phenols is 1. The van der Waals surface area contributed by atoms with Gasteiger partial charge in [0, 0.05) is 11.6 Å². The van der Waals surface area contributed by atoms with E-state index in [1.807, 2.05) is 0 Å². The summed E-state index contributed by atoms with van der Waals surface area (Å²) in [6, 6.07) is 6.70. The zero-order valence-electron chi connectivity index (χ0n) is 11.1. The molecule has 0 unspecified atom stereocenters. The average molecular weight is 307 g/mol. The molecule has 2 rings (SSSR count). The number of amides is 1. The van der Waals surface area contributed by atoms with Crippen molar-refractivity contribution in [1.29, 1.82) is 0 Å². The molecule has 0 fully saturated rings. The maximum absolute atomic E-state index is 13.7. The number of rotatable bonds is 4. The lowest BCUT2D eigenvalue weighted by Gasteiger charge is -2.09. The van der Waals surface area contributed by atoms with Gasteiger partial charge in [0.1, 0.15) is 23.9 Å². The molecule has 1 amide bonds. The van der Waals surface area contributed by atoms with Crippen LogP contribution in [0.5, 0.6) is 5.75 Å². The van der Waals surface area contributed by atoms with E-state index in [0.717, 1.165) is 6.07 Å². The van der Waals surface area contributed by atoms with E-state index < -0.39 is 30.1 Å². The molecule has 5 nitrogen and oxygen atoms in total. The summed E-state index contributed by atoms with van der Waals surface area (Å²) in [6.07, 6.45) is 0. The highest BCUT2D eigenvalue weighted by atomic mass is 19.1. The molecule has 0 aliphatic rings. The van der Waals surface area contributed by atoms with Crippen molar-refractivity contribution in [2.75, 3.05) is 6.54 Å². The van der Waals surface area contributed by atoms with Crippen LogP contribution in [-0.4, -0.2) is 28.6 Å². The van der Waals surface area contributed by atoms with Gasteiger partial charge in [-0.2, -0.15) is 0 Å². The normalized spacial score (nSPS) is 10.3. The highest BCUT2D eigenvalue weighted by Gasteiger charge is 2.15. The Morgan fingerprint density at radius 3 is 2.45 bits per heavy atom. The first-order valence-corrected chi connectivity index (χ1v) is 6.17. The molecule has 0 aliphatic heterocycles. The maximum atomic E-state index is 13.7. The lowest BCUT2D eigenvalue weighted by molar-refractivity contribution is -0.135. The molecule has 7 heteroatoms. The van der Waals surface area contributed by atoms with E-state index in [1.165, 1.54) is 24.3 Å². The summed E-state index contributed by atoms with van der Waals surface area (Å²) >= 11 is 0. The molecule has 0 bridgehead atoms. The van der Waals surface area contributed by atoms with Crippen LogP contribution in [0.15, 0.2) is 36.4 Å². The van der Waals surface area contributed by atoms with E-state index in [2.05, 4.69) is 5.32 Å². The highest BCUT2D eigenvalue weighted by Crippen LogP contribution is 2.28. The number of carboxylic acids is 1. The second-order valence-corrected chi connectivity index (χ2v) is 4.43. The molecular weight excluding hydrogens is 296 g/mol. The van der Waals surface area contributed by atoms with Gasteiger partial charge in [-0.05, 0) is 29.8 Å². The van der Waals surface area contributed by atoms with E-state index in [-0.39, 0.29) is 22.4 Å². The Kier molecular flexibility index (Phi) is 4.36. The number of carbonyl (C=O) groups is 2. The van der Waals surface area contributed by atoms with Gasteiger partial charge in [0.05, 0.1) is 5.56 Å². The zero-order valence-corrected chi connectivity index (χ0v) is 11.1. The van der Waals surface area contributed by atoms with Gasteiger partial charge in [0.2, 0.25) is 0 Å². The summed E-state index contributed by atoms with van der Waals surface area (Å²) in [7, 11) is 0. The van der Waals surface area contributed by atoms with Gasteiger partial charge in [-0.3, -0.25) is 9.59 Å². The van der Waals surface area contributed by atoms with Gasteiger partial charge in [-0.25, -0.2) is 8.78 Å². The molecule has 3 N–H and O–H groups in total. The van der Waals surface area contributed by atoms with Crippen LogP contribution in [0.4, 0.5) is 8.78 Å². The Balaban J connectivity index is 2.37. The Labute approximate surface area is 123 Å². The second-order valence-electron chi connectivity index (χ2n) is 4.43. The fourth-order valence-electron chi connectivity index (χ4n) is 1.86. The molecule has 0 saturated carbocycles. The summed E-state index contributed by atoms with van der Waals surface area (Å²) in [4.78, 5) is 22.2. The first kappa shape index (κ1) is 15.4. The zero-order chi connectivity index (χ0) is 16.3. The van der Waals surface area contributed by atoms with Crippen LogP contribution < -0.4 is 5.32 Å². The number of hydrogen-bond acceptors (Lipinski definition) is 3. The third-order valence-electron chi connectivity index (χ3n) is 2.88. The molecule has 2 aromatic rings. The largest absolute Gasteiger partial charge is 0.507 e. The van der Waals surface area contributed by atoms with Crippen LogP contribution in [0.3, 0.4) is 0 Å². The number of halogens is 2. The van der Waals surface area contributed by atoms with Crippen molar-refractivity contribution in [3.05, 3.63) is 53.6 Å². The predicted octanol–water partition coefficient (Wildman–Crippen LogP) is 2.15. The standard InChI is InChI=1S/C15H11F2NO4/c16-9-2-3-10(12(17)6-9)8-1-4-13(19)11(5-8)15(22)18-7-14(20)21/h1-6,19H,7H2,(H,18,22)(H,20,21). The van der Waals surface area contributed by atoms with Crippen molar-refractivity contribution >= 4 is 11.9 Å². The molecule has 0 spiro atoms. The van der Waals surface area contributed by atoms with Crippen molar-refractivity contribution in [3.63, 3.8) is 0 Å². The van der Waals surface area contributed by atoms with E-state index in [0.29, 0.717) is 6.07 Å². The molecule has 0 aliphatic carbocycles. The summed E-state index contributed by atoms with van der Waals surface area (Å²) < 4.78 is 26.7. The van der Waals surface area contributed by atoms with Crippen molar-refractivity contribution in [2.45, 2.75) is 0 Å². The molecular formula is C15H11F2NO4. The van der Waals surface area contributed by atoms with Crippen LogP contribution >= 0.6 is 0 Å². The monoisotopic (exact) mass is 307 g/mol. The number of phenolic OH excluding ortho intramolecular Hbond substituents is 1. The van der Waals surface area contributed by atoms with Gasteiger partial charge in [-0.15, -0.1) is 0 Å². The minimum atomic E-state index is -1.24. The predicted molar refractivity (Wildman–Crippen MR) is 73.4 cm³/mol. The van der Waals surface area contributed by atoms with Gasteiger partial charge in [0.15, 0.2) is 0 Å². The molecule has 0 radical (unpaired) electrons. The Hall–Kier alpha value is -2.96. The molecule has 2 aromatic carbocycles. The fourth-order valence-corrected chi connectivity index (χ4v) is 1.86. The molecule has 0 atom stereocenters. The smallest absolute Gasteiger partial charge is 0.322 e. The summed E-state index contributed by atoms with van der Waals surface area (Å²) in [5.41, 5.74) is 0.0898. The van der Waals surface area contributed by atoms with Crippen LogP contribution in [-0.2, 0) is 4.79 Å².